The molecule has 110 valence electrons. The summed E-state index contributed by atoms with van der Waals surface area (Å²) in [7, 11) is 0. The van der Waals surface area contributed by atoms with Crippen molar-refractivity contribution in [1.29, 1.82) is 0 Å². The predicted octanol–water partition coefficient (Wildman–Crippen LogP) is 3.51. The molecule has 3 nitrogen and oxygen atoms in total. The normalized spacial score (nSPS) is 40.2. The van der Waals surface area contributed by atoms with Gasteiger partial charge in [0.25, 0.3) is 0 Å². The van der Waals surface area contributed by atoms with Crippen LogP contribution in [0.5, 0.6) is 0 Å². The molecule has 0 aliphatic heterocycles. The zero-order valence-electron chi connectivity index (χ0n) is 12.6. The van der Waals surface area contributed by atoms with Crippen LogP contribution in [0.3, 0.4) is 0 Å². The summed E-state index contributed by atoms with van der Waals surface area (Å²) >= 11 is 0. The molecule has 4 fully saturated rings. The molecule has 4 aliphatic carbocycles. The van der Waals surface area contributed by atoms with Crippen LogP contribution < -0.4 is 5.73 Å². The van der Waals surface area contributed by atoms with Crippen LogP contribution in [0.4, 0.5) is 0 Å². The van der Waals surface area contributed by atoms with E-state index in [-0.39, 0.29) is 6.04 Å². The fraction of sp³-hybridized carbons (Fsp3) is 0.824. The molecule has 0 amide bonds. The predicted molar refractivity (Wildman–Crippen MR) is 80.1 cm³/mol. The van der Waals surface area contributed by atoms with Crippen molar-refractivity contribution in [3.8, 4) is 0 Å². The molecule has 2 N–H and O–H groups in total. The van der Waals surface area contributed by atoms with E-state index in [1.165, 1.54) is 50.6 Å². The van der Waals surface area contributed by atoms with Crippen LogP contribution in [0.15, 0.2) is 12.3 Å². The molecule has 5 rings (SSSR count). The lowest BCUT2D eigenvalue weighted by Crippen LogP contribution is -2.47. The molecule has 1 heterocycles. The van der Waals surface area contributed by atoms with Crippen LogP contribution in [0.25, 0.3) is 0 Å². The fourth-order valence-corrected chi connectivity index (χ4v) is 6.03. The number of hydrogen-bond donors (Lipinski definition) is 1. The van der Waals surface area contributed by atoms with E-state index in [1.807, 2.05) is 6.20 Å². The molecule has 20 heavy (non-hydrogen) atoms. The van der Waals surface area contributed by atoms with Gasteiger partial charge in [0, 0.05) is 18.8 Å². The first kappa shape index (κ1) is 12.9. The molecule has 4 aliphatic rings. The molecule has 0 saturated heterocycles. The lowest BCUT2D eigenvalue weighted by molar-refractivity contribution is -0.0608. The van der Waals surface area contributed by atoms with Gasteiger partial charge in [-0.25, -0.2) is 0 Å². The van der Waals surface area contributed by atoms with Crippen molar-refractivity contribution in [2.75, 3.05) is 0 Å². The van der Waals surface area contributed by atoms with Gasteiger partial charge in [-0.05, 0) is 81.1 Å². The number of hydrogen-bond acceptors (Lipinski definition) is 2. The van der Waals surface area contributed by atoms with Gasteiger partial charge >= 0.3 is 0 Å². The summed E-state index contributed by atoms with van der Waals surface area (Å²) in [5.74, 6) is 3.05. The van der Waals surface area contributed by atoms with Crippen molar-refractivity contribution in [1.82, 2.24) is 9.78 Å². The Balaban J connectivity index is 1.54. The molecular weight excluding hydrogens is 246 g/mol. The third-order valence-corrected chi connectivity index (χ3v) is 6.25. The summed E-state index contributed by atoms with van der Waals surface area (Å²) in [6.07, 6.45) is 12.0. The van der Waals surface area contributed by atoms with Gasteiger partial charge in [0.05, 0.1) is 5.69 Å². The number of aromatic nitrogens is 2. The van der Waals surface area contributed by atoms with Crippen molar-refractivity contribution in [2.24, 2.45) is 28.9 Å². The average molecular weight is 273 g/mol. The van der Waals surface area contributed by atoms with E-state index >= 15 is 0 Å². The van der Waals surface area contributed by atoms with Gasteiger partial charge in [-0.3, -0.25) is 4.68 Å². The summed E-state index contributed by atoms with van der Waals surface area (Å²) in [5.41, 5.74) is 8.38. The van der Waals surface area contributed by atoms with E-state index in [0.717, 1.165) is 24.3 Å². The number of aryl methyl sites for hydroxylation is 1. The Morgan fingerprint density at radius 3 is 2.40 bits per heavy atom. The van der Waals surface area contributed by atoms with E-state index < -0.39 is 0 Å². The van der Waals surface area contributed by atoms with Crippen molar-refractivity contribution in [3.05, 3.63) is 18.0 Å². The zero-order valence-corrected chi connectivity index (χ0v) is 12.6. The SMILES string of the molecule is CCn1nccc1C(N)CC12CC3CC(CC(C3)C1)C2. The quantitative estimate of drug-likeness (QED) is 0.912. The van der Waals surface area contributed by atoms with E-state index in [4.69, 9.17) is 5.73 Å². The Bertz CT molecular complexity index is 455. The standard InChI is InChI=1S/C17H27N3/c1-2-20-16(3-4-19-20)15(18)11-17-8-12-5-13(9-17)7-14(6-12)10-17/h3-4,12-15H,2,5-11,18H2,1H3. The lowest BCUT2D eigenvalue weighted by Gasteiger charge is -2.57. The maximum Gasteiger partial charge on any atom is 0.0551 e. The molecule has 1 aromatic heterocycles. The summed E-state index contributed by atoms with van der Waals surface area (Å²) < 4.78 is 2.07. The van der Waals surface area contributed by atoms with Crippen LogP contribution in [-0.2, 0) is 6.54 Å². The Kier molecular flexibility index (Phi) is 2.95. The summed E-state index contributed by atoms with van der Waals surface area (Å²) in [5, 5.41) is 4.39. The first-order valence-corrected chi connectivity index (χ1v) is 8.45. The highest BCUT2D eigenvalue weighted by Gasteiger charge is 2.51. The number of nitrogens with two attached hydrogens (primary N) is 1. The molecule has 0 spiro atoms. The molecule has 0 radical (unpaired) electrons. The average Bonchev–Trinajstić information content (AvgIpc) is 2.84. The van der Waals surface area contributed by atoms with Gasteiger partial charge in [0.2, 0.25) is 0 Å². The molecule has 4 bridgehead atoms. The molecule has 1 atom stereocenters. The van der Waals surface area contributed by atoms with Crippen molar-refractivity contribution >= 4 is 0 Å². The van der Waals surface area contributed by atoms with Crippen molar-refractivity contribution < 1.29 is 0 Å². The molecule has 1 unspecified atom stereocenters. The molecule has 1 aromatic rings. The van der Waals surface area contributed by atoms with E-state index in [1.54, 1.807) is 0 Å². The van der Waals surface area contributed by atoms with Crippen molar-refractivity contribution in [3.63, 3.8) is 0 Å². The first-order chi connectivity index (χ1) is 9.67. The zero-order chi connectivity index (χ0) is 13.7. The maximum atomic E-state index is 6.58. The smallest absolute Gasteiger partial charge is 0.0551 e. The second-order valence-electron chi connectivity index (χ2n) is 7.80. The summed E-state index contributed by atoms with van der Waals surface area (Å²) in [6.45, 7) is 3.07. The Hall–Kier alpha value is -0.830. The first-order valence-electron chi connectivity index (χ1n) is 8.45. The second-order valence-corrected chi connectivity index (χ2v) is 7.80. The topological polar surface area (TPSA) is 43.8 Å². The molecule has 0 aromatic carbocycles. The molecule has 3 heteroatoms. The second kappa shape index (κ2) is 4.59. The Labute approximate surface area is 121 Å². The number of rotatable bonds is 4. The van der Waals surface area contributed by atoms with E-state index in [9.17, 15) is 0 Å². The van der Waals surface area contributed by atoms with E-state index in [2.05, 4.69) is 22.8 Å². The third-order valence-electron chi connectivity index (χ3n) is 6.25. The summed E-state index contributed by atoms with van der Waals surface area (Å²) in [4.78, 5) is 0. The highest BCUT2D eigenvalue weighted by Crippen LogP contribution is 2.62. The van der Waals surface area contributed by atoms with Crippen LogP contribution >= 0.6 is 0 Å². The van der Waals surface area contributed by atoms with Gasteiger partial charge in [-0.1, -0.05) is 0 Å². The highest BCUT2D eigenvalue weighted by atomic mass is 15.3. The Morgan fingerprint density at radius 1 is 1.25 bits per heavy atom. The van der Waals surface area contributed by atoms with Gasteiger partial charge in [0.1, 0.15) is 0 Å². The summed E-state index contributed by atoms with van der Waals surface area (Å²) in [6, 6.07) is 2.29. The molecular formula is C17H27N3. The van der Waals surface area contributed by atoms with Gasteiger partial charge < -0.3 is 5.73 Å². The molecule has 4 saturated carbocycles. The van der Waals surface area contributed by atoms with Gasteiger partial charge in [-0.15, -0.1) is 0 Å². The lowest BCUT2D eigenvalue weighted by atomic mass is 9.48. The van der Waals surface area contributed by atoms with E-state index in [0.29, 0.717) is 5.41 Å². The minimum atomic E-state index is 0.175. The van der Waals surface area contributed by atoms with Crippen LogP contribution in [0.2, 0.25) is 0 Å². The van der Waals surface area contributed by atoms with Crippen LogP contribution in [0.1, 0.15) is 63.6 Å². The van der Waals surface area contributed by atoms with Crippen molar-refractivity contribution in [2.45, 2.75) is 64.5 Å². The maximum absolute atomic E-state index is 6.58. The van der Waals surface area contributed by atoms with Crippen LogP contribution in [0, 0.1) is 23.2 Å². The van der Waals surface area contributed by atoms with Crippen LogP contribution in [-0.4, -0.2) is 9.78 Å². The van der Waals surface area contributed by atoms with Gasteiger partial charge in [-0.2, -0.15) is 5.10 Å². The highest BCUT2D eigenvalue weighted by molar-refractivity contribution is 5.10. The third kappa shape index (κ3) is 2.02. The minimum Gasteiger partial charge on any atom is -0.323 e. The Morgan fingerprint density at radius 2 is 1.85 bits per heavy atom. The minimum absolute atomic E-state index is 0.175. The largest absolute Gasteiger partial charge is 0.323 e. The fourth-order valence-electron chi connectivity index (χ4n) is 6.03. The monoisotopic (exact) mass is 273 g/mol. The number of nitrogens with zero attached hydrogens (tertiary/aromatic N) is 2. The van der Waals surface area contributed by atoms with Gasteiger partial charge in [0.15, 0.2) is 0 Å².